The van der Waals surface area contributed by atoms with E-state index in [1.807, 2.05) is 0 Å². The summed E-state index contributed by atoms with van der Waals surface area (Å²) in [5.41, 5.74) is 0. The van der Waals surface area contributed by atoms with Gasteiger partial charge in [0.1, 0.15) is 0 Å². The second-order valence-electron chi connectivity index (χ2n) is 1.98. The van der Waals surface area contributed by atoms with Crippen LogP contribution in [0.1, 0.15) is 6.92 Å². The number of carbonyl (C=O) groups is 2. The van der Waals surface area contributed by atoms with E-state index in [1.54, 1.807) is 6.92 Å². The number of hydrogen-bond acceptors (Lipinski definition) is 3. The second-order valence-corrected chi connectivity index (χ2v) is 1.98. The molecule has 4 nitrogen and oxygen atoms in total. The largest absolute Gasteiger partial charge is 0.383 e. The second kappa shape index (κ2) is 4.93. The van der Waals surface area contributed by atoms with E-state index in [-0.39, 0.29) is 12.3 Å². The first-order valence-corrected chi connectivity index (χ1v) is 2.95. The highest BCUT2D eigenvalue weighted by Gasteiger charge is 2.03. The molecule has 0 fully saturated rings. The van der Waals surface area contributed by atoms with Gasteiger partial charge in [0.15, 0.2) is 0 Å². The number of ether oxygens (including phenoxy) is 1. The quantitative estimate of drug-likeness (QED) is 0.422. The smallest absolute Gasteiger partial charge is 0.284 e. The molecule has 0 rings (SSSR count). The third kappa shape index (κ3) is 4.03. The van der Waals surface area contributed by atoms with Crippen LogP contribution in [0.4, 0.5) is 0 Å². The minimum Gasteiger partial charge on any atom is -0.383 e. The van der Waals surface area contributed by atoms with Crippen LogP contribution in [0.5, 0.6) is 0 Å². The maximum absolute atomic E-state index is 10.4. The summed E-state index contributed by atoms with van der Waals surface area (Å²) >= 11 is 0. The maximum atomic E-state index is 10.4. The van der Waals surface area contributed by atoms with Crippen LogP contribution in [-0.2, 0) is 14.3 Å². The lowest BCUT2D eigenvalue weighted by molar-refractivity contribution is -0.131. The normalized spacial score (nSPS) is 12.2. The minimum absolute atomic E-state index is 0.109. The summed E-state index contributed by atoms with van der Waals surface area (Å²) in [6.07, 6.45) is 0.242. The first-order valence-electron chi connectivity index (χ1n) is 2.95. The van der Waals surface area contributed by atoms with E-state index in [1.165, 1.54) is 7.11 Å². The van der Waals surface area contributed by atoms with E-state index in [0.29, 0.717) is 6.61 Å². The zero-order valence-corrected chi connectivity index (χ0v) is 6.09. The average molecular weight is 145 g/mol. The van der Waals surface area contributed by atoms with Gasteiger partial charge in [0.25, 0.3) is 5.91 Å². The Morgan fingerprint density at radius 2 is 2.40 bits per heavy atom. The molecule has 4 heteroatoms. The molecular formula is C6H11NO3. The SMILES string of the molecule is COCC(C)NC(=O)C=O. The molecule has 1 unspecified atom stereocenters. The van der Waals surface area contributed by atoms with E-state index in [4.69, 9.17) is 4.74 Å². The Bertz CT molecular complexity index is 124. The van der Waals surface area contributed by atoms with Gasteiger partial charge in [-0.25, -0.2) is 0 Å². The summed E-state index contributed by atoms with van der Waals surface area (Å²) in [7, 11) is 1.53. The molecule has 0 aromatic rings. The van der Waals surface area contributed by atoms with E-state index >= 15 is 0 Å². The van der Waals surface area contributed by atoms with Crippen molar-refractivity contribution in [3.63, 3.8) is 0 Å². The Kier molecular flexibility index (Phi) is 4.49. The molecule has 0 aliphatic rings. The van der Waals surface area contributed by atoms with Crippen molar-refractivity contribution in [2.45, 2.75) is 13.0 Å². The molecular weight excluding hydrogens is 134 g/mol. The van der Waals surface area contributed by atoms with E-state index < -0.39 is 5.91 Å². The predicted octanol–water partition coefficient (Wildman–Crippen LogP) is -0.664. The number of rotatable bonds is 4. The molecule has 58 valence electrons. The highest BCUT2D eigenvalue weighted by molar-refractivity contribution is 6.23. The third-order valence-electron chi connectivity index (χ3n) is 0.912. The predicted molar refractivity (Wildman–Crippen MR) is 35.5 cm³/mol. The van der Waals surface area contributed by atoms with Crippen LogP contribution in [0.3, 0.4) is 0 Å². The molecule has 1 atom stereocenters. The third-order valence-corrected chi connectivity index (χ3v) is 0.912. The lowest BCUT2D eigenvalue weighted by atomic mass is 10.3. The Balaban J connectivity index is 3.46. The van der Waals surface area contributed by atoms with Gasteiger partial charge in [-0.1, -0.05) is 0 Å². The van der Waals surface area contributed by atoms with E-state index in [0.717, 1.165) is 0 Å². The summed E-state index contributed by atoms with van der Waals surface area (Å²) in [4.78, 5) is 20.2. The Morgan fingerprint density at radius 1 is 1.80 bits per heavy atom. The van der Waals surface area contributed by atoms with Crippen molar-refractivity contribution in [3.8, 4) is 0 Å². The number of nitrogens with one attached hydrogen (secondary N) is 1. The molecule has 0 saturated carbocycles. The zero-order chi connectivity index (χ0) is 7.98. The van der Waals surface area contributed by atoms with Crippen LogP contribution in [-0.4, -0.2) is 32.0 Å². The Morgan fingerprint density at radius 3 is 2.80 bits per heavy atom. The van der Waals surface area contributed by atoms with Crippen LogP contribution in [0.2, 0.25) is 0 Å². The summed E-state index contributed by atoms with van der Waals surface area (Å²) < 4.78 is 4.72. The van der Waals surface area contributed by atoms with Crippen LogP contribution >= 0.6 is 0 Å². The van der Waals surface area contributed by atoms with Crippen LogP contribution in [0.15, 0.2) is 0 Å². The number of aldehydes is 1. The van der Waals surface area contributed by atoms with Gasteiger partial charge in [0, 0.05) is 13.2 Å². The van der Waals surface area contributed by atoms with E-state index in [9.17, 15) is 9.59 Å². The van der Waals surface area contributed by atoms with Crippen molar-refractivity contribution >= 4 is 12.2 Å². The van der Waals surface area contributed by atoms with Crippen molar-refractivity contribution in [3.05, 3.63) is 0 Å². The molecule has 0 bridgehead atoms. The van der Waals surface area contributed by atoms with Gasteiger partial charge in [-0.2, -0.15) is 0 Å². The lowest BCUT2D eigenvalue weighted by Gasteiger charge is -2.08. The van der Waals surface area contributed by atoms with Crippen molar-refractivity contribution in [2.24, 2.45) is 0 Å². The number of carbonyl (C=O) groups excluding carboxylic acids is 2. The molecule has 1 amide bonds. The fourth-order valence-electron chi connectivity index (χ4n) is 0.569. The van der Waals surface area contributed by atoms with Gasteiger partial charge in [-0.3, -0.25) is 9.59 Å². The highest BCUT2D eigenvalue weighted by Crippen LogP contribution is 1.79. The van der Waals surface area contributed by atoms with Crippen molar-refractivity contribution in [1.82, 2.24) is 5.32 Å². The molecule has 0 spiro atoms. The van der Waals surface area contributed by atoms with Crippen molar-refractivity contribution in [1.29, 1.82) is 0 Å². The summed E-state index contributed by atoms with van der Waals surface area (Å²) in [5, 5.41) is 2.40. The maximum Gasteiger partial charge on any atom is 0.284 e. The first-order chi connectivity index (χ1) is 4.70. The van der Waals surface area contributed by atoms with Crippen molar-refractivity contribution < 1.29 is 14.3 Å². The number of methoxy groups -OCH3 is 1. The molecule has 0 saturated heterocycles. The summed E-state index contributed by atoms with van der Waals surface area (Å²) in [5.74, 6) is -0.607. The van der Waals surface area contributed by atoms with Crippen LogP contribution in [0, 0.1) is 0 Å². The van der Waals surface area contributed by atoms with Gasteiger partial charge >= 0.3 is 0 Å². The molecule has 0 heterocycles. The Labute approximate surface area is 59.6 Å². The van der Waals surface area contributed by atoms with Gasteiger partial charge < -0.3 is 10.1 Å². The molecule has 0 aromatic heterocycles. The number of hydrogen-bond donors (Lipinski definition) is 1. The van der Waals surface area contributed by atoms with Crippen molar-refractivity contribution in [2.75, 3.05) is 13.7 Å². The summed E-state index contributed by atoms with van der Waals surface area (Å²) in [6, 6.07) is -0.109. The average Bonchev–Trinajstić information content (AvgIpc) is 1.88. The van der Waals surface area contributed by atoms with Gasteiger partial charge in [-0.15, -0.1) is 0 Å². The lowest BCUT2D eigenvalue weighted by Crippen LogP contribution is -2.36. The molecule has 0 aromatic carbocycles. The fourth-order valence-corrected chi connectivity index (χ4v) is 0.569. The highest BCUT2D eigenvalue weighted by atomic mass is 16.5. The number of amides is 1. The molecule has 0 aliphatic carbocycles. The monoisotopic (exact) mass is 145 g/mol. The van der Waals surface area contributed by atoms with E-state index in [2.05, 4.69) is 5.32 Å². The minimum atomic E-state index is -0.607. The zero-order valence-electron chi connectivity index (χ0n) is 6.09. The van der Waals surface area contributed by atoms with Crippen LogP contribution in [0.25, 0.3) is 0 Å². The standard InChI is InChI=1S/C6H11NO3/c1-5(4-10-2)7-6(9)3-8/h3,5H,4H2,1-2H3,(H,7,9). The topological polar surface area (TPSA) is 55.4 Å². The molecule has 0 radical (unpaired) electrons. The van der Waals surface area contributed by atoms with Gasteiger partial charge in [-0.05, 0) is 6.92 Å². The molecule has 0 aliphatic heterocycles. The summed E-state index contributed by atoms with van der Waals surface area (Å²) in [6.45, 7) is 2.17. The fraction of sp³-hybridized carbons (Fsp3) is 0.667. The molecule has 1 N–H and O–H groups in total. The molecule has 10 heavy (non-hydrogen) atoms. The Hall–Kier alpha value is -0.900. The first kappa shape index (κ1) is 9.10. The van der Waals surface area contributed by atoms with Gasteiger partial charge in [0.2, 0.25) is 6.29 Å². The van der Waals surface area contributed by atoms with Crippen LogP contribution < -0.4 is 5.32 Å². The van der Waals surface area contributed by atoms with Gasteiger partial charge in [0.05, 0.1) is 6.61 Å².